The maximum atomic E-state index is 13.4. The molecule has 450 valence electrons. The lowest BCUT2D eigenvalue weighted by Gasteiger charge is -2.08. The summed E-state index contributed by atoms with van der Waals surface area (Å²) < 4.78 is 24.7. The number of nitrogens with zero attached hydrogens (tertiary/aromatic N) is 11. The van der Waals surface area contributed by atoms with Crippen LogP contribution in [0.3, 0.4) is 0 Å². The van der Waals surface area contributed by atoms with E-state index in [0.717, 1.165) is 57.3 Å². The number of primary amides is 1. The zero-order valence-electron chi connectivity index (χ0n) is 48.1. The molecule has 1 amide bonds. The number of thioether (sulfide) groups is 3. The number of hydrogen-bond acceptors (Lipinski definition) is 19. The first kappa shape index (κ1) is 62.6. The molecule has 88 heavy (non-hydrogen) atoms. The molecule has 25 nitrogen and oxygen atoms in total. The van der Waals surface area contributed by atoms with E-state index >= 15 is 0 Å². The quantitative estimate of drug-likeness (QED) is 0.0277. The van der Waals surface area contributed by atoms with Crippen LogP contribution >= 0.6 is 47.5 Å². The first-order valence-corrected chi connectivity index (χ1v) is 29.6. The number of ketones is 1. The number of aromatic nitrogens is 16. The molecule has 30 heteroatoms. The Morgan fingerprint density at radius 3 is 1.28 bits per heavy atom. The lowest BCUT2D eigenvalue weighted by atomic mass is 10.2. The average molecular weight is 1260 g/mol. The van der Waals surface area contributed by atoms with Gasteiger partial charge in [-0.2, -0.15) is 20.4 Å². The van der Waals surface area contributed by atoms with E-state index in [4.69, 9.17) is 22.7 Å². The Balaban J connectivity index is 0.000000140. The van der Waals surface area contributed by atoms with E-state index in [1.54, 1.807) is 40.9 Å². The Morgan fingerprint density at radius 1 is 0.523 bits per heavy atom. The van der Waals surface area contributed by atoms with Gasteiger partial charge in [-0.05, 0) is 132 Å². The first-order valence-electron chi connectivity index (χ1n) is 26.5. The SMILES string of the molecule is CC(=O)C(C)Sc1nc2c(cnn2-c2cccc(C)c2)c(=O)[nH]1.CC(Sc1nc2c(cnn2-c2cccc(F)c2)c(=O)[nH]1)C(N)=O.COC(=O)C(C)Sc1nc2c(cnn2-c2cccc(C)c2)c(=O)[nH]1.Cc1cccc(-n2ncc3c(=O)[nH]c(=S)[nH]c32)c1. The third-order valence-corrected chi connectivity index (χ3v) is 16.2. The molecule has 4 aromatic carbocycles. The summed E-state index contributed by atoms with van der Waals surface area (Å²) in [6.45, 7) is 12.6. The number of carbonyl (C=O) groups is 3. The average Bonchev–Trinajstić information content (AvgIpc) is 2.24. The van der Waals surface area contributed by atoms with Gasteiger partial charge in [-0.3, -0.25) is 38.5 Å². The molecule has 0 saturated carbocycles. The van der Waals surface area contributed by atoms with Crippen LogP contribution in [0, 0.1) is 31.4 Å². The molecular weight excluding hydrogens is 1210 g/mol. The summed E-state index contributed by atoms with van der Waals surface area (Å²) in [5.41, 5.74) is 12.1. The van der Waals surface area contributed by atoms with Gasteiger partial charge < -0.3 is 30.4 Å². The zero-order valence-corrected chi connectivity index (χ0v) is 51.3. The van der Waals surface area contributed by atoms with Crippen LogP contribution in [0.5, 0.6) is 0 Å². The standard InChI is InChI=1S/C16H16N4O3S.C16H16N4O2S.C14H12FN5O2S.C12H10N4OS/c1-9-5-4-6-11(7-9)20-13-12(8-17-20)14(21)19-16(18-13)24-10(2)15(22)23-3;1-9-5-4-6-12(7-9)20-14-13(8-17-20)15(22)19-16(18-14)23-11(3)10(2)21;1-7(11(16)21)23-14-18-12-10(13(22)19-14)6-17-20(12)9-4-2-3-8(15)5-9;1-7-3-2-4-8(5-7)16-10-9(6-13-16)11(17)15-12(18)14-10/h4-8,10H,1-3H3,(H,18,19,21);4-8,11H,1-3H3,(H,18,19,22);2-7H,1H3,(H2,16,21)(H,18,19,22);2-6H,1H3,(H2,14,15,17,18). The van der Waals surface area contributed by atoms with Gasteiger partial charge in [0.05, 0.1) is 65.1 Å². The second-order valence-electron chi connectivity index (χ2n) is 19.5. The second-order valence-corrected chi connectivity index (χ2v) is 23.9. The molecule has 0 aliphatic rings. The zero-order chi connectivity index (χ0) is 63.1. The van der Waals surface area contributed by atoms with Gasteiger partial charge >= 0.3 is 5.97 Å². The lowest BCUT2D eigenvalue weighted by Crippen LogP contribution is -2.23. The number of ether oxygens (including phenoxy) is 1. The summed E-state index contributed by atoms with van der Waals surface area (Å²) >= 11 is 8.38. The second kappa shape index (κ2) is 27.2. The fraction of sp³-hybridized carbons (Fsp3) is 0.190. The number of amides is 1. The third kappa shape index (κ3) is 14.5. The molecule has 12 rings (SSSR count). The Morgan fingerprint density at radius 2 is 0.886 bits per heavy atom. The molecule has 0 radical (unpaired) electrons. The van der Waals surface area contributed by atoms with Crippen LogP contribution in [0.4, 0.5) is 4.39 Å². The largest absolute Gasteiger partial charge is 0.468 e. The van der Waals surface area contributed by atoms with Crippen LogP contribution in [-0.2, 0) is 19.1 Å². The monoisotopic (exact) mass is 1260 g/mol. The molecule has 0 spiro atoms. The van der Waals surface area contributed by atoms with Gasteiger partial charge in [-0.15, -0.1) is 0 Å². The Labute approximate surface area is 514 Å². The highest BCUT2D eigenvalue weighted by molar-refractivity contribution is 8.00. The molecule has 3 unspecified atom stereocenters. The number of nitrogens with one attached hydrogen (secondary N) is 5. The highest BCUT2D eigenvalue weighted by atomic mass is 32.2. The van der Waals surface area contributed by atoms with Crippen molar-refractivity contribution < 1.29 is 23.5 Å². The van der Waals surface area contributed by atoms with Gasteiger partial charge in [-0.25, -0.2) is 38.1 Å². The summed E-state index contributed by atoms with van der Waals surface area (Å²) in [6.07, 6.45) is 5.88. The van der Waals surface area contributed by atoms with Crippen LogP contribution in [0.1, 0.15) is 44.4 Å². The molecule has 12 aromatic rings. The predicted molar refractivity (Wildman–Crippen MR) is 337 cm³/mol. The number of methoxy groups -OCH3 is 1. The summed E-state index contributed by atoms with van der Waals surface area (Å²) in [6, 6.07) is 29.2. The van der Waals surface area contributed by atoms with E-state index in [2.05, 4.69) is 60.3 Å². The minimum Gasteiger partial charge on any atom is -0.468 e. The number of benzene rings is 4. The van der Waals surface area contributed by atoms with E-state index in [1.807, 2.05) is 93.6 Å². The van der Waals surface area contributed by atoms with Crippen molar-refractivity contribution in [3.05, 3.63) is 191 Å². The van der Waals surface area contributed by atoms with Gasteiger partial charge in [0.25, 0.3) is 22.2 Å². The molecule has 8 heterocycles. The number of fused-ring (bicyclic) bond motifs is 4. The number of carbonyl (C=O) groups excluding carboxylic acids is 3. The fourth-order valence-electron chi connectivity index (χ4n) is 8.31. The van der Waals surface area contributed by atoms with E-state index in [0.29, 0.717) is 53.9 Å². The lowest BCUT2D eigenvalue weighted by molar-refractivity contribution is -0.139. The number of nitrogens with two attached hydrogens (primary N) is 1. The van der Waals surface area contributed by atoms with Gasteiger partial charge in [0.1, 0.15) is 44.0 Å². The molecule has 0 aliphatic heterocycles. The van der Waals surface area contributed by atoms with Gasteiger partial charge in [-0.1, -0.05) is 77.8 Å². The number of hydrogen-bond donors (Lipinski definition) is 6. The van der Waals surface area contributed by atoms with E-state index in [1.165, 1.54) is 73.5 Å². The molecule has 0 saturated heterocycles. The number of halogens is 1. The summed E-state index contributed by atoms with van der Waals surface area (Å²) in [4.78, 5) is 109. The van der Waals surface area contributed by atoms with Crippen molar-refractivity contribution in [2.45, 2.75) is 79.7 Å². The molecule has 0 aliphatic carbocycles. The molecule has 7 N–H and O–H groups in total. The minimum atomic E-state index is -0.554. The number of H-pyrrole nitrogens is 5. The third-order valence-electron chi connectivity index (χ3n) is 12.9. The molecule has 0 bridgehead atoms. The van der Waals surface area contributed by atoms with Crippen LogP contribution in [0.2, 0.25) is 0 Å². The topological polar surface area (TPSA) is 344 Å². The highest BCUT2D eigenvalue weighted by Gasteiger charge is 2.21. The first-order chi connectivity index (χ1) is 42.0. The van der Waals surface area contributed by atoms with Crippen molar-refractivity contribution in [3.8, 4) is 22.7 Å². The molecule has 8 aromatic heterocycles. The summed E-state index contributed by atoms with van der Waals surface area (Å²) in [7, 11) is 1.32. The Hall–Kier alpha value is -9.91. The number of aryl methyl sites for hydroxylation is 3. The van der Waals surface area contributed by atoms with E-state index in [-0.39, 0.29) is 49.9 Å². The highest BCUT2D eigenvalue weighted by Crippen LogP contribution is 2.26. The normalized spacial score (nSPS) is 12.1. The van der Waals surface area contributed by atoms with Crippen LogP contribution in [0.25, 0.3) is 66.9 Å². The summed E-state index contributed by atoms with van der Waals surface area (Å²) in [5.74, 6) is -1.29. The molecular formula is C58H54FN17O8S4. The smallest absolute Gasteiger partial charge is 0.318 e. The van der Waals surface area contributed by atoms with Gasteiger partial charge in [0.2, 0.25) is 5.91 Å². The van der Waals surface area contributed by atoms with Gasteiger partial charge in [0, 0.05) is 0 Å². The van der Waals surface area contributed by atoms with Crippen molar-refractivity contribution in [3.63, 3.8) is 0 Å². The van der Waals surface area contributed by atoms with Crippen LogP contribution < -0.4 is 28.0 Å². The van der Waals surface area contributed by atoms with Crippen LogP contribution in [0.15, 0.2) is 156 Å². The van der Waals surface area contributed by atoms with Crippen molar-refractivity contribution >= 4 is 109 Å². The number of Topliss-reactive ketones (excluding diaryl/α,β-unsaturated/α-hetero) is 1. The number of aromatic amines is 5. The molecule has 3 atom stereocenters. The van der Waals surface area contributed by atoms with Crippen LogP contribution in [-0.4, -0.2) is 120 Å². The van der Waals surface area contributed by atoms with E-state index in [9.17, 15) is 38.0 Å². The summed E-state index contributed by atoms with van der Waals surface area (Å²) in [5, 5.41) is 18.1. The number of esters is 1. The minimum absolute atomic E-state index is 0.0323. The maximum absolute atomic E-state index is 13.4. The van der Waals surface area contributed by atoms with E-state index < -0.39 is 27.8 Å². The van der Waals surface area contributed by atoms with Gasteiger partial charge in [0.15, 0.2) is 37.2 Å². The number of rotatable bonds is 13. The Kier molecular flexibility index (Phi) is 19.4. The fourth-order valence-corrected chi connectivity index (χ4v) is 10.9. The predicted octanol–water partition coefficient (Wildman–Crippen LogP) is 7.85. The molecule has 0 fully saturated rings. The Bertz CT molecular complexity index is 4770. The van der Waals surface area contributed by atoms with Crippen molar-refractivity contribution in [2.75, 3.05) is 7.11 Å². The van der Waals surface area contributed by atoms with Crippen molar-refractivity contribution in [1.29, 1.82) is 0 Å². The maximum Gasteiger partial charge on any atom is 0.318 e. The van der Waals surface area contributed by atoms with Crippen molar-refractivity contribution in [2.24, 2.45) is 5.73 Å². The van der Waals surface area contributed by atoms with Crippen molar-refractivity contribution in [1.82, 2.24) is 79.0 Å².